The summed E-state index contributed by atoms with van der Waals surface area (Å²) in [6.45, 7) is 1.87. The summed E-state index contributed by atoms with van der Waals surface area (Å²) in [5.74, 6) is -0.847. The lowest BCUT2D eigenvalue weighted by molar-refractivity contribution is -0.115. The van der Waals surface area contributed by atoms with Gasteiger partial charge in [-0.1, -0.05) is 61.2 Å². The second kappa shape index (κ2) is 9.14. The zero-order valence-electron chi connectivity index (χ0n) is 16.8. The third kappa shape index (κ3) is 4.36. The molecule has 0 spiro atoms. The minimum absolute atomic E-state index is 0.124. The van der Waals surface area contributed by atoms with Crippen LogP contribution in [0.4, 0.5) is 10.1 Å². The third-order valence-electron chi connectivity index (χ3n) is 4.80. The molecule has 4 rings (SSSR count). The monoisotopic (exact) mass is 433 g/mol. The molecule has 1 N–H and O–H groups in total. The van der Waals surface area contributed by atoms with Crippen LogP contribution in [0.5, 0.6) is 0 Å². The van der Waals surface area contributed by atoms with Crippen LogP contribution in [0.25, 0.3) is 16.6 Å². The number of para-hydroxylation sites is 3. The molecule has 31 heavy (non-hydrogen) atoms. The Hall–Kier alpha value is -3.45. The van der Waals surface area contributed by atoms with Gasteiger partial charge >= 0.3 is 0 Å². The van der Waals surface area contributed by atoms with Gasteiger partial charge in [-0.2, -0.15) is 0 Å². The van der Waals surface area contributed by atoms with E-state index in [1.165, 1.54) is 28.5 Å². The highest BCUT2D eigenvalue weighted by molar-refractivity contribution is 8.00. The first-order chi connectivity index (χ1) is 15.1. The van der Waals surface area contributed by atoms with Crippen LogP contribution >= 0.6 is 11.8 Å². The number of fused-ring (bicyclic) bond motifs is 1. The lowest BCUT2D eigenvalue weighted by Gasteiger charge is -2.18. The van der Waals surface area contributed by atoms with Gasteiger partial charge in [-0.25, -0.2) is 9.37 Å². The van der Waals surface area contributed by atoms with Crippen LogP contribution in [0, 0.1) is 5.82 Å². The number of halogens is 1. The molecule has 0 radical (unpaired) electrons. The summed E-state index contributed by atoms with van der Waals surface area (Å²) in [7, 11) is 0. The second-order valence-electron chi connectivity index (χ2n) is 6.87. The molecule has 0 saturated carbocycles. The number of hydrogen-bond acceptors (Lipinski definition) is 4. The van der Waals surface area contributed by atoms with Crippen molar-refractivity contribution in [3.63, 3.8) is 0 Å². The Balaban J connectivity index is 1.75. The van der Waals surface area contributed by atoms with Crippen molar-refractivity contribution in [3.05, 3.63) is 95.0 Å². The van der Waals surface area contributed by atoms with Crippen LogP contribution in [0.3, 0.4) is 0 Å². The fourth-order valence-corrected chi connectivity index (χ4v) is 4.25. The fourth-order valence-electron chi connectivity index (χ4n) is 3.22. The van der Waals surface area contributed by atoms with Crippen LogP contribution in [-0.2, 0) is 4.79 Å². The number of hydrogen-bond donors (Lipinski definition) is 1. The third-order valence-corrected chi connectivity index (χ3v) is 6.12. The Labute approximate surface area is 182 Å². The van der Waals surface area contributed by atoms with E-state index in [4.69, 9.17) is 0 Å². The van der Waals surface area contributed by atoms with Crippen molar-refractivity contribution in [1.29, 1.82) is 0 Å². The number of rotatable bonds is 6. The van der Waals surface area contributed by atoms with E-state index in [0.29, 0.717) is 28.2 Å². The first-order valence-corrected chi connectivity index (χ1v) is 10.8. The van der Waals surface area contributed by atoms with E-state index in [0.717, 1.165) is 0 Å². The van der Waals surface area contributed by atoms with E-state index in [2.05, 4.69) is 10.3 Å². The molecule has 0 bridgehead atoms. The Morgan fingerprint density at radius 3 is 2.45 bits per heavy atom. The van der Waals surface area contributed by atoms with Crippen LogP contribution in [-0.4, -0.2) is 20.7 Å². The molecule has 1 amide bonds. The maximum atomic E-state index is 14.0. The standard InChI is InChI=1S/C24H20FN3O2S/c1-2-21(22(29)26-20-15-9-7-13-18(20)25)31-24-27-19-14-8-6-12-17(19)23(30)28(24)16-10-4-3-5-11-16/h3-15,21H,2H2,1H3,(H,26,29). The number of nitrogens with one attached hydrogen (secondary N) is 1. The van der Waals surface area contributed by atoms with Crippen LogP contribution in [0.15, 0.2) is 88.8 Å². The van der Waals surface area contributed by atoms with E-state index in [-0.39, 0.29) is 17.2 Å². The molecule has 1 heterocycles. The summed E-state index contributed by atoms with van der Waals surface area (Å²) in [6.07, 6.45) is 0.475. The molecule has 0 aliphatic rings. The van der Waals surface area contributed by atoms with Crippen molar-refractivity contribution in [1.82, 2.24) is 9.55 Å². The summed E-state index contributed by atoms with van der Waals surface area (Å²) in [5, 5.41) is 2.98. The van der Waals surface area contributed by atoms with Gasteiger partial charge in [0.15, 0.2) is 5.16 Å². The van der Waals surface area contributed by atoms with Gasteiger partial charge in [0.05, 0.1) is 27.5 Å². The van der Waals surface area contributed by atoms with Crippen molar-refractivity contribution in [2.24, 2.45) is 0 Å². The number of carbonyl (C=O) groups excluding carboxylic acids is 1. The molecular weight excluding hydrogens is 413 g/mol. The summed E-state index contributed by atoms with van der Waals surface area (Å²) >= 11 is 1.19. The largest absolute Gasteiger partial charge is 0.323 e. The number of carbonyl (C=O) groups is 1. The van der Waals surface area contributed by atoms with Crippen molar-refractivity contribution >= 4 is 34.3 Å². The number of thioether (sulfide) groups is 1. The highest BCUT2D eigenvalue weighted by Gasteiger charge is 2.23. The highest BCUT2D eigenvalue weighted by atomic mass is 32.2. The Bertz CT molecular complexity index is 1290. The highest BCUT2D eigenvalue weighted by Crippen LogP contribution is 2.28. The van der Waals surface area contributed by atoms with Crippen LogP contribution in [0.1, 0.15) is 13.3 Å². The molecule has 156 valence electrons. The lowest BCUT2D eigenvalue weighted by atomic mass is 10.2. The maximum Gasteiger partial charge on any atom is 0.266 e. The van der Waals surface area contributed by atoms with Crippen LogP contribution in [0.2, 0.25) is 0 Å². The maximum absolute atomic E-state index is 14.0. The second-order valence-corrected chi connectivity index (χ2v) is 8.04. The smallest absolute Gasteiger partial charge is 0.266 e. The van der Waals surface area contributed by atoms with E-state index < -0.39 is 11.1 Å². The number of amides is 1. The van der Waals surface area contributed by atoms with E-state index >= 15 is 0 Å². The summed E-state index contributed by atoms with van der Waals surface area (Å²) in [5.41, 5.74) is 1.14. The molecule has 4 aromatic rings. The zero-order chi connectivity index (χ0) is 21.8. The number of anilines is 1. The summed E-state index contributed by atoms with van der Waals surface area (Å²) in [4.78, 5) is 30.8. The quantitative estimate of drug-likeness (QED) is 0.342. The minimum Gasteiger partial charge on any atom is -0.323 e. The van der Waals surface area contributed by atoms with Crippen molar-refractivity contribution in [3.8, 4) is 5.69 Å². The van der Waals surface area contributed by atoms with Crippen molar-refractivity contribution < 1.29 is 9.18 Å². The molecule has 1 aromatic heterocycles. The number of benzene rings is 3. The minimum atomic E-state index is -0.567. The van der Waals surface area contributed by atoms with Gasteiger partial charge in [0.25, 0.3) is 5.56 Å². The topological polar surface area (TPSA) is 64.0 Å². The Kier molecular flexibility index (Phi) is 6.13. The first kappa shape index (κ1) is 20.8. The van der Waals surface area contributed by atoms with Gasteiger partial charge in [0.1, 0.15) is 5.82 Å². The molecule has 3 aromatic carbocycles. The Morgan fingerprint density at radius 1 is 1.03 bits per heavy atom. The summed E-state index contributed by atoms with van der Waals surface area (Å²) in [6, 6.07) is 22.3. The van der Waals surface area contributed by atoms with E-state index in [1.807, 2.05) is 43.3 Å². The SMILES string of the molecule is CCC(Sc1nc2ccccc2c(=O)n1-c1ccccc1)C(=O)Nc1ccccc1F. The average Bonchev–Trinajstić information content (AvgIpc) is 2.79. The normalized spacial score (nSPS) is 11.9. The molecule has 5 nitrogen and oxygen atoms in total. The molecule has 0 fully saturated rings. The predicted octanol–water partition coefficient (Wildman–Crippen LogP) is 5.03. The van der Waals surface area contributed by atoms with Crippen molar-refractivity contribution in [2.75, 3.05) is 5.32 Å². The van der Waals surface area contributed by atoms with Gasteiger partial charge in [-0.15, -0.1) is 0 Å². The fraction of sp³-hybridized carbons (Fsp3) is 0.125. The first-order valence-electron chi connectivity index (χ1n) is 9.87. The van der Waals surface area contributed by atoms with E-state index in [9.17, 15) is 14.0 Å². The van der Waals surface area contributed by atoms with Gasteiger partial charge in [-0.3, -0.25) is 14.2 Å². The number of aromatic nitrogens is 2. The molecule has 0 aliphatic heterocycles. The van der Waals surface area contributed by atoms with Gasteiger partial charge < -0.3 is 5.32 Å². The molecule has 0 aliphatic carbocycles. The van der Waals surface area contributed by atoms with Gasteiger partial charge in [0.2, 0.25) is 5.91 Å². The summed E-state index contributed by atoms with van der Waals surface area (Å²) < 4.78 is 15.5. The van der Waals surface area contributed by atoms with Crippen molar-refractivity contribution in [2.45, 2.75) is 23.8 Å². The van der Waals surface area contributed by atoms with Crippen LogP contribution < -0.4 is 10.9 Å². The van der Waals surface area contributed by atoms with Gasteiger partial charge in [-0.05, 0) is 42.8 Å². The molecule has 7 heteroatoms. The zero-order valence-corrected chi connectivity index (χ0v) is 17.6. The molecule has 1 unspecified atom stereocenters. The molecule has 0 saturated heterocycles. The number of nitrogens with zero attached hydrogens (tertiary/aromatic N) is 2. The Morgan fingerprint density at radius 2 is 1.71 bits per heavy atom. The lowest BCUT2D eigenvalue weighted by Crippen LogP contribution is -2.28. The predicted molar refractivity (Wildman–Crippen MR) is 122 cm³/mol. The molecule has 1 atom stereocenters. The average molecular weight is 434 g/mol. The molecular formula is C24H20FN3O2S. The van der Waals surface area contributed by atoms with Gasteiger partial charge in [0, 0.05) is 0 Å². The van der Waals surface area contributed by atoms with E-state index in [1.54, 1.807) is 30.3 Å².